The molecular weight excluding hydrogens is 482 g/mol. The second-order valence-corrected chi connectivity index (χ2v) is 9.13. The van der Waals surface area contributed by atoms with Crippen LogP contribution in [0.2, 0.25) is 20.1 Å². The SMILES string of the molecule is C=C(C)C(=O)Oc1c(Cl)cc(C(C)(C)c2cc(Cl)c(OC(=O)C(=C)C)c(Cl)c2)cc1Cl. The van der Waals surface area contributed by atoms with Crippen LogP contribution in [0, 0.1) is 0 Å². The molecule has 8 heteroatoms. The molecule has 0 amide bonds. The maximum absolute atomic E-state index is 11.8. The summed E-state index contributed by atoms with van der Waals surface area (Å²) < 4.78 is 10.4. The molecule has 0 aliphatic carbocycles. The van der Waals surface area contributed by atoms with Gasteiger partial charge < -0.3 is 9.47 Å². The van der Waals surface area contributed by atoms with E-state index in [1.54, 1.807) is 24.3 Å². The van der Waals surface area contributed by atoms with Crippen molar-refractivity contribution in [3.8, 4) is 11.5 Å². The predicted molar refractivity (Wildman–Crippen MR) is 126 cm³/mol. The number of carbonyl (C=O) groups excluding carboxylic acids is 2. The van der Waals surface area contributed by atoms with E-state index in [1.165, 1.54) is 13.8 Å². The molecule has 0 aliphatic rings. The minimum Gasteiger partial charge on any atom is -0.420 e. The summed E-state index contributed by atoms with van der Waals surface area (Å²) in [5.41, 5.74) is 1.21. The molecule has 0 unspecified atom stereocenters. The van der Waals surface area contributed by atoms with Gasteiger partial charge in [-0.2, -0.15) is 0 Å². The largest absolute Gasteiger partial charge is 0.420 e. The first-order chi connectivity index (χ1) is 14.2. The van der Waals surface area contributed by atoms with Crippen molar-refractivity contribution in [3.05, 3.63) is 79.8 Å². The minimum atomic E-state index is -0.658. The van der Waals surface area contributed by atoms with Gasteiger partial charge in [-0.25, -0.2) is 9.59 Å². The molecule has 2 aromatic rings. The summed E-state index contributed by atoms with van der Waals surface area (Å²) in [6.45, 7) is 13.9. The van der Waals surface area contributed by atoms with Gasteiger partial charge in [0.2, 0.25) is 0 Å². The Bertz CT molecular complexity index is 971. The average Bonchev–Trinajstić information content (AvgIpc) is 2.66. The van der Waals surface area contributed by atoms with E-state index in [0.29, 0.717) is 0 Å². The number of esters is 2. The molecule has 0 N–H and O–H groups in total. The molecule has 0 saturated heterocycles. The Morgan fingerprint density at radius 3 is 1.19 bits per heavy atom. The summed E-state index contributed by atoms with van der Waals surface area (Å²) in [5.74, 6) is -1.16. The molecule has 0 radical (unpaired) electrons. The van der Waals surface area contributed by atoms with Gasteiger partial charge >= 0.3 is 11.9 Å². The Balaban J connectivity index is 2.47. The van der Waals surface area contributed by atoms with Gasteiger partial charge in [0.05, 0.1) is 20.1 Å². The molecule has 0 saturated carbocycles. The highest BCUT2D eigenvalue weighted by Crippen LogP contribution is 2.44. The minimum absolute atomic E-state index is 0.0500. The third kappa shape index (κ3) is 5.64. The van der Waals surface area contributed by atoms with E-state index in [2.05, 4.69) is 13.2 Å². The highest BCUT2D eigenvalue weighted by atomic mass is 35.5. The first-order valence-electron chi connectivity index (χ1n) is 9.00. The topological polar surface area (TPSA) is 52.6 Å². The average molecular weight is 502 g/mol. The zero-order valence-electron chi connectivity index (χ0n) is 17.4. The van der Waals surface area contributed by atoms with Crippen molar-refractivity contribution in [2.24, 2.45) is 0 Å². The van der Waals surface area contributed by atoms with Crippen LogP contribution in [0.25, 0.3) is 0 Å². The molecule has 0 fully saturated rings. The van der Waals surface area contributed by atoms with Crippen molar-refractivity contribution < 1.29 is 19.1 Å². The van der Waals surface area contributed by atoms with Crippen LogP contribution in [0.1, 0.15) is 38.8 Å². The van der Waals surface area contributed by atoms with Crippen LogP contribution in [0.4, 0.5) is 0 Å². The van der Waals surface area contributed by atoms with E-state index < -0.39 is 17.4 Å². The van der Waals surface area contributed by atoms with Crippen LogP contribution in [-0.4, -0.2) is 11.9 Å². The fourth-order valence-corrected chi connectivity index (χ4v) is 3.69. The fraction of sp³-hybridized carbons (Fsp3) is 0.217. The molecule has 0 spiro atoms. The van der Waals surface area contributed by atoms with Crippen LogP contribution in [0.5, 0.6) is 11.5 Å². The lowest BCUT2D eigenvalue weighted by molar-refractivity contribution is -0.130. The highest BCUT2D eigenvalue weighted by Gasteiger charge is 2.28. The first kappa shape index (κ1) is 25.3. The summed E-state index contributed by atoms with van der Waals surface area (Å²) in [6, 6.07) is 6.58. The summed E-state index contributed by atoms with van der Waals surface area (Å²) in [7, 11) is 0. The lowest BCUT2D eigenvalue weighted by atomic mass is 9.78. The summed E-state index contributed by atoms with van der Waals surface area (Å²) in [6.07, 6.45) is 0. The second-order valence-electron chi connectivity index (χ2n) is 7.50. The Kier molecular flexibility index (Phi) is 7.88. The number of ether oxygens (including phenoxy) is 2. The maximum atomic E-state index is 11.8. The molecule has 0 heterocycles. The van der Waals surface area contributed by atoms with Gasteiger partial charge in [0, 0.05) is 16.6 Å². The van der Waals surface area contributed by atoms with Gasteiger partial charge in [-0.05, 0) is 49.2 Å². The van der Waals surface area contributed by atoms with Crippen molar-refractivity contribution in [3.63, 3.8) is 0 Å². The van der Waals surface area contributed by atoms with Gasteiger partial charge in [0.25, 0.3) is 0 Å². The standard InChI is InChI=1S/C23H20Cl4O4/c1-11(2)21(28)30-19-15(24)7-13(8-16(19)25)23(5,6)14-9-17(26)20(18(27)10-14)31-22(29)12(3)4/h7-10H,1,3H2,2,4-6H3. The number of carbonyl (C=O) groups is 2. The molecule has 164 valence electrons. The van der Waals surface area contributed by atoms with Gasteiger partial charge in [-0.1, -0.05) is 73.4 Å². The second kappa shape index (κ2) is 9.66. The lowest BCUT2D eigenvalue weighted by Gasteiger charge is -2.28. The number of hydrogen-bond acceptors (Lipinski definition) is 4. The highest BCUT2D eigenvalue weighted by molar-refractivity contribution is 6.38. The first-order valence-corrected chi connectivity index (χ1v) is 10.5. The molecular formula is C23H20Cl4O4. The third-order valence-electron chi connectivity index (χ3n) is 4.53. The van der Waals surface area contributed by atoms with Gasteiger partial charge in [0.1, 0.15) is 0 Å². The maximum Gasteiger partial charge on any atom is 0.338 e. The van der Waals surface area contributed by atoms with Crippen LogP contribution >= 0.6 is 46.4 Å². The zero-order valence-corrected chi connectivity index (χ0v) is 20.4. The Morgan fingerprint density at radius 1 is 0.710 bits per heavy atom. The van der Waals surface area contributed by atoms with Crippen molar-refractivity contribution in [2.75, 3.05) is 0 Å². The number of halogens is 4. The van der Waals surface area contributed by atoms with Crippen LogP contribution in [-0.2, 0) is 15.0 Å². The molecule has 0 atom stereocenters. The third-order valence-corrected chi connectivity index (χ3v) is 5.65. The van der Waals surface area contributed by atoms with Crippen LogP contribution in [0.3, 0.4) is 0 Å². The van der Waals surface area contributed by atoms with Crippen molar-refractivity contribution >= 4 is 58.3 Å². The van der Waals surface area contributed by atoms with Crippen molar-refractivity contribution in [1.29, 1.82) is 0 Å². The summed E-state index contributed by atoms with van der Waals surface area (Å²) >= 11 is 25.4. The Labute approximate surface area is 201 Å². The van der Waals surface area contributed by atoms with Crippen LogP contribution in [0.15, 0.2) is 48.6 Å². The monoisotopic (exact) mass is 500 g/mol. The quantitative estimate of drug-likeness (QED) is 0.232. The summed E-state index contributed by atoms with van der Waals surface area (Å²) in [5, 5.41) is 0.646. The van der Waals surface area contributed by atoms with Gasteiger partial charge in [-0.15, -0.1) is 0 Å². The fourth-order valence-electron chi connectivity index (χ4n) is 2.56. The van der Waals surface area contributed by atoms with E-state index >= 15 is 0 Å². The Hall–Kier alpha value is -1.98. The normalized spacial score (nSPS) is 11.1. The molecule has 0 aromatic heterocycles. The lowest BCUT2D eigenvalue weighted by Crippen LogP contribution is -2.20. The van der Waals surface area contributed by atoms with E-state index in [-0.39, 0.29) is 42.7 Å². The van der Waals surface area contributed by atoms with Gasteiger partial charge in [-0.3, -0.25) is 0 Å². The van der Waals surface area contributed by atoms with E-state index in [0.717, 1.165) is 11.1 Å². The predicted octanol–water partition coefficient (Wildman–Crippen LogP) is 7.59. The molecule has 2 aromatic carbocycles. The molecule has 31 heavy (non-hydrogen) atoms. The smallest absolute Gasteiger partial charge is 0.338 e. The number of rotatable bonds is 6. The van der Waals surface area contributed by atoms with Crippen molar-refractivity contribution in [1.82, 2.24) is 0 Å². The molecule has 2 rings (SSSR count). The van der Waals surface area contributed by atoms with E-state index in [9.17, 15) is 9.59 Å². The number of benzene rings is 2. The van der Waals surface area contributed by atoms with E-state index in [4.69, 9.17) is 55.9 Å². The Morgan fingerprint density at radius 2 is 0.968 bits per heavy atom. The zero-order chi connectivity index (χ0) is 23.7. The molecule has 0 bridgehead atoms. The number of hydrogen-bond donors (Lipinski definition) is 0. The van der Waals surface area contributed by atoms with Gasteiger partial charge in [0.15, 0.2) is 11.5 Å². The van der Waals surface area contributed by atoms with Crippen molar-refractivity contribution in [2.45, 2.75) is 33.1 Å². The summed E-state index contributed by atoms with van der Waals surface area (Å²) in [4.78, 5) is 23.7. The molecule has 4 nitrogen and oxygen atoms in total. The molecule has 0 aliphatic heterocycles. The van der Waals surface area contributed by atoms with Crippen LogP contribution < -0.4 is 9.47 Å². The van der Waals surface area contributed by atoms with E-state index in [1.807, 2.05) is 13.8 Å².